The number of rotatable bonds is 5. The first-order chi connectivity index (χ1) is 12.9. The van der Waals surface area contributed by atoms with Crippen LogP contribution in [0.2, 0.25) is 10.0 Å². The van der Waals surface area contributed by atoms with Gasteiger partial charge >= 0.3 is 5.97 Å². The Labute approximate surface area is 168 Å². The van der Waals surface area contributed by atoms with E-state index in [1.165, 1.54) is 29.7 Å². The van der Waals surface area contributed by atoms with Crippen LogP contribution in [0, 0.1) is 0 Å². The molecule has 0 saturated carbocycles. The van der Waals surface area contributed by atoms with Crippen molar-refractivity contribution in [1.82, 2.24) is 15.0 Å². The summed E-state index contributed by atoms with van der Waals surface area (Å²) in [6.07, 6.45) is 2.09. The van der Waals surface area contributed by atoms with E-state index in [2.05, 4.69) is 20.3 Å². The summed E-state index contributed by atoms with van der Waals surface area (Å²) in [6, 6.07) is 6.33. The molecular weight excluding hydrogens is 411 g/mol. The van der Waals surface area contributed by atoms with Crippen LogP contribution in [0.15, 0.2) is 42.0 Å². The van der Waals surface area contributed by atoms with E-state index in [0.717, 1.165) is 0 Å². The number of ether oxygens (including phenoxy) is 1. The molecule has 1 atom stereocenters. The highest BCUT2D eigenvalue weighted by Gasteiger charge is 2.22. The number of aromatic nitrogens is 3. The number of carbonyl (C=O) groups excluding carboxylic acids is 2. The molecule has 0 aliphatic rings. The lowest BCUT2D eigenvalue weighted by atomic mass is 10.3. The Bertz CT molecular complexity index is 981. The number of nitrogens with one attached hydrogen (secondary N) is 1. The smallest absolute Gasteiger partial charge is 0.358 e. The molecule has 0 fully saturated rings. The summed E-state index contributed by atoms with van der Waals surface area (Å²) in [7, 11) is 0. The Balaban J connectivity index is 1.64. The first kappa shape index (κ1) is 19.2. The van der Waals surface area contributed by atoms with Crippen molar-refractivity contribution in [3.05, 3.63) is 57.8 Å². The van der Waals surface area contributed by atoms with Crippen LogP contribution in [0.4, 0.5) is 5.69 Å². The van der Waals surface area contributed by atoms with Gasteiger partial charge in [-0.15, -0.1) is 11.3 Å². The van der Waals surface area contributed by atoms with Crippen LogP contribution in [-0.2, 0) is 9.53 Å². The molecule has 1 unspecified atom stereocenters. The predicted octanol–water partition coefficient (Wildman–Crippen LogP) is 4.09. The molecule has 10 heteroatoms. The Hall–Kier alpha value is -2.55. The van der Waals surface area contributed by atoms with Crippen LogP contribution in [0.25, 0.3) is 10.8 Å². The molecular formula is C17H12Cl2N4O3S. The second kappa shape index (κ2) is 8.43. The van der Waals surface area contributed by atoms with Crippen molar-refractivity contribution in [2.24, 2.45) is 0 Å². The quantitative estimate of drug-likeness (QED) is 0.622. The van der Waals surface area contributed by atoms with Crippen molar-refractivity contribution < 1.29 is 14.3 Å². The van der Waals surface area contributed by atoms with E-state index in [-0.39, 0.29) is 5.69 Å². The average molecular weight is 423 g/mol. The fraction of sp³-hybridized carbons (Fsp3) is 0.118. The van der Waals surface area contributed by atoms with Gasteiger partial charge in [0.05, 0.1) is 10.7 Å². The zero-order chi connectivity index (χ0) is 19.4. The van der Waals surface area contributed by atoms with Crippen molar-refractivity contribution in [2.75, 3.05) is 5.32 Å². The van der Waals surface area contributed by atoms with Gasteiger partial charge in [0.25, 0.3) is 5.91 Å². The average Bonchev–Trinajstić information content (AvgIpc) is 3.15. The molecule has 1 aromatic carbocycles. The molecule has 0 aliphatic carbocycles. The van der Waals surface area contributed by atoms with E-state index in [0.29, 0.717) is 26.6 Å². The topological polar surface area (TPSA) is 94.1 Å². The third-order valence-electron chi connectivity index (χ3n) is 3.31. The summed E-state index contributed by atoms with van der Waals surface area (Å²) in [5.74, 6) is -0.870. The fourth-order valence-corrected chi connectivity index (χ4v) is 3.05. The zero-order valence-corrected chi connectivity index (χ0v) is 16.2. The van der Waals surface area contributed by atoms with Crippen molar-refractivity contribution >= 4 is 52.1 Å². The van der Waals surface area contributed by atoms with Crippen LogP contribution in [0.5, 0.6) is 0 Å². The summed E-state index contributed by atoms with van der Waals surface area (Å²) in [5, 5.41) is 5.30. The minimum Gasteiger partial charge on any atom is -0.448 e. The lowest BCUT2D eigenvalue weighted by Crippen LogP contribution is -2.30. The summed E-state index contributed by atoms with van der Waals surface area (Å²) in [5.41, 5.74) is 0.400. The lowest BCUT2D eigenvalue weighted by Gasteiger charge is -2.13. The summed E-state index contributed by atoms with van der Waals surface area (Å²) in [6.45, 7) is 1.44. The van der Waals surface area contributed by atoms with Gasteiger partial charge in [-0.1, -0.05) is 23.2 Å². The van der Waals surface area contributed by atoms with Gasteiger partial charge in [0.15, 0.2) is 22.6 Å². The number of benzene rings is 1. The second-order valence-corrected chi connectivity index (χ2v) is 6.97. The molecule has 0 radical (unpaired) electrons. The zero-order valence-electron chi connectivity index (χ0n) is 13.8. The Morgan fingerprint density at radius 2 is 1.96 bits per heavy atom. The molecule has 3 aromatic rings. The van der Waals surface area contributed by atoms with Crippen molar-refractivity contribution in [3.63, 3.8) is 0 Å². The molecule has 0 bridgehead atoms. The first-order valence-electron chi connectivity index (χ1n) is 7.64. The molecule has 0 aliphatic heterocycles. The molecule has 7 nitrogen and oxygen atoms in total. The van der Waals surface area contributed by atoms with Gasteiger partial charge in [0.2, 0.25) is 0 Å². The maximum absolute atomic E-state index is 12.2. The Morgan fingerprint density at radius 1 is 1.22 bits per heavy atom. The predicted molar refractivity (Wildman–Crippen MR) is 103 cm³/mol. The van der Waals surface area contributed by atoms with Crippen molar-refractivity contribution in [1.29, 1.82) is 0 Å². The van der Waals surface area contributed by atoms with E-state index < -0.39 is 18.0 Å². The van der Waals surface area contributed by atoms with Gasteiger partial charge in [0, 0.05) is 22.8 Å². The fourth-order valence-electron chi connectivity index (χ4n) is 1.98. The van der Waals surface area contributed by atoms with Crippen LogP contribution in [0.3, 0.4) is 0 Å². The summed E-state index contributed by atoms with van der Waals surface area (Å²) < 4.78 is 5.17. The Kier molecular flexibility index (Phi) is 6.00. The number of hydrogen-bond donors (Lipinski definition) is 1. The highest BCUT2D eigenvalue weighted by atomic mass is 35.5. The van der Waals surface area contributed by atoms with Crippen molar-refractivity contribution in [2.45, 2.75) is 13.0 Å². The van der Waals surface area contributed by atoms with E-state index >= 15 is 0 Å². The second-order valence-electron chi connectivity index (χ2n) is 5.27. The monoisotopic (exact) mass is 422 g/mol. The van der Waals surface area contributed by atoms with Crippen LogP contribution in [-0.4, -0.2) is 32.9 Å². The number of anilines is 1. The number of thiazole rings is 1. The van der Waals surface area contributed by atoms with Gasteiger partial charge in [0.1, 0.15) is 0 Å². The van der Waals surface area contributed by atoms with E-state index in [9.17, 15) is 9.59 Å². The molecule has 0 spiro atoms. The molecule has 1 amide bonds. The molecule has 2 aromatic heterocycles. The maximum Gasteiger partial charge on any atom is 0.358 e. The molecule has 1 N–H and O–H groups in total. The van der Waals surface area contributed by atoms with Gasteiger partial charge in [-0.25, -0.2) is 19.7 Å². The van der Waals surface area contributed by atoms with E-state index in [4.69, 9.17) is 27.9 Å². The number of amides is 1. The number of carbonyl (C=O) groups is 2. The minimum atomic E-state index is -1.06. The number of esters is 1. The third kappa shape index (κ3) is 4.79. The lowest BCUT2D eigenvalue weighted by molar-refractivity contribution is -0.123. The largest absolute Gasteiger partial charge is 0.448 e. The van der Waals surface area contributed by atoms with E-state index in [1.54, 1.807) is 30.6 Å². The summed E-state index contributed by atoms with van der Waals surface area (Å²) >= 11 is 13.1. The van der Waals surface area contributed by atoms with Gasteiger partial charge in [-0.05, 0) is 31.2 Å². The Morgan fingerprint density at radius 3 is 2.70 bits per heavy atom. The molecule has 0 saturated heterocycles. The maximum atomic E-state index is 12.2. The normalized spacial score (nSPS) is 11.7. The number of halogens is 2. The number of hydrogen-bond acceptors (Lipinski definition) is 7. The van der Waals surface area contributed by atoms with Crippen LogP contribution in [0.1, 0.15) is 17.4 Å². The third-order valence-corrected chi connectivity index (χ3v) is 4.71. The van der Waals surface area contributed by atoms with Gasteiger partial charge in [-0.3, -0.25) is 4.79 Å². The van der Waals surface area contributed by atoms with Gasteiger partial charge < -0.3 is 10.1 Å². The van der Waals surface area contributed by atoms with Crippen LogP contribution >= 0.6 is 34.5 Å². The standard InChI is InChI=1S/C17H12Cl2N4O3S/c1-9(15(24)22-12-7-10(18)3-4-11(12)19)26-17(25)13-8-27-16(23-13)14-20-5-2-6-21-14/h2-9H,1H3,(H,22,24). The molecule has 27 heavy (non-hydrogen) atoms. The highest BCUT2D eigenvalue weighted by molar-refractivity contribution is 7.13. The molecule has 2 heterocycles. The minimum absolute atomic E-state index is 0.0721. The SMILES string of the molecule is CC(OC(=O)c1csc(-c2ncccn2)n1)C(=O)Nc1cc(Cl)ccc1Cl. The number of nitrogens with zero attached hydrogens (tertiary/aromatic N) is 3. The van der Waals surface area contributed by atoms with E-state index in [1.807, 2.05) is 0 Å². The van der Waals surface area contributed by atoms with Crippen molar-refractivity contribution in [3.8, 4) is 10.8 Å². The van der Waals surface area contributed by atoms with Crippen LogP contribution < -0.4 is 5.32 Å². The highest BCUT2D eigenvalue weighted by Crippen LogP contribution is 2.26. The van der Waals surface area contributed by atoms with Gasteiger partial charge in [-0.2, -0.15) is 0 Å². The summed E-state index contributed by atoms with van der Waals surface area (Å²) in [4.78, 5) is 36.8. The molecule has 3 rings (SSSR count). The first-order valence-corrected chi connectivity index (χ1v) is 9.27. The molecule has 138 valence electrons.